The number of hydrogen-bond donors (Lipinski definition) is 0. The van der Waals surface area contributed by atoms with Gasteiger partial charge >= 0.3 is 0 Å². The van der Waals surface area contributed by atoms with Crippen molar-refractivity contribution in [2.24, 2.45) is 0 Å². The summed E-state index contributed by atoms with van der Waals surface area (Å²) in [6, 6.07) is 29.0. The third-order valence-corrected chi connectivity index (χ3v) is 6.92. The highest BCUT2D eigenvalue weighted by atomic mass is 14.4. The van der Waals surface area contributed by atoms with Crippen molar-refractivity contribution in [1.29, 1.82) is 0 Å². The fourth-order valence-electron chi connectivity index (χ4n) is 5.11. The Kier molecular flexibility index (Phi) is 4.75. The smallest absolute Gasteiger partial charge is 0.0159 e. The first-order valence-electron chi connectivity index (χ1n) is 11.2. The fraction of sp³-hybridized carbons (Fsp3) is 0.125. The molecule has 0 radical (unpaired) electrons. The summed E-state index contributed by atoms with van der Waals surface area (Å²) < 4.78 is 0. The molecular formula is C32H28. The minimum atomic E-state index is 0.0105. The van der Waals surface area contributed by atoms with Gasteiger partial charge < -0.3 is 0 Å². The zero-order valence-corrected chi connectivity index (χ0v) is 19.1. The van der Waals surface area contributed by atoms with Gasteiger partial charge in [0.1, 0.15) is 0 Å². The summed E-state index contributed by atoms with van der Waals surface area (Å²) in [6.07, 6.45) is 3.81. The molecule has 0 bridgehead atoms. The molecule has 0 aromatic heterocycles. The maximum atomic E-state index is 4.01. The van der Waals surface area contributed by atoms with Crippen LogP contribution in [0.5, 0.6) is 0 Å². The summed E-state index contributed by atoms with van der Waals surface area (Å²) in [5.74, 6) is 0. The lowest BCUT2D eigenvalue weighted by atomic mass is 9.81. The van der Waals surface area contributed by atoms with Gasteiger partial charge in [-0.05, 0) is 68.6 Å². The van der Waals surface area contributed by atoms with Gasteiger partial charge in [-0.15, -0.1) is 0 Å². The Morgan fingerprint density at radius 3 is 1.94 bits per heavy atom. The van der Waals surface area contributed by atoms with E-state index in [1.165, 1.54) is 50.1 Å². The lowest BCUT2D eigenvalue weighted by molar-refractivity contribution is 0.660. The molecule has 0 unspecified atom stereocenters. The van der Waals surface area contributed by atoms with E-state index >= 15 is 0 Å². The Morgan fingerprint density at radius 2 is 1.25 bits per heavy atom. The van der Waals surface area contributed by atoms with Gasteiger partial charge in [-0.2, -0.15) is 0 Å². The van der Waals surface area contributed by atoms with Crippen molar-refractivity contribution in [2.45, 2.75) is 26.2 Å². The highest BCUT2D eigenvalue weighted by molar-refractivity contribution is 5.85. The van der Waals surface area contributed by atoms with Crippen molar-refractivity contribution in [3.05, 3.63) is 120 Å². The molecule has 0 saturated heterocycles. The Morgan fingerprint density at radius 1 is 0.625 bits per heavy atom. The van der Waals surface area contributed by atoms with Crippen LogP contribution in [0.4, 0.5) is 0 Å². The first kappa shape index (κ1) is 20.3. The maximum absolute atomic E-state index is 4.01. The average Bonchev–Trinajstić information content (AvgIpc) is 3.04. The van der Waals surface area contributed by atoms with E-state index in [1.807, 2.05) is 12.2 Å². The van der Waals surface area contributed by atoms with E-state index in [4.69, 9.17) is 0 Å². The van der Waals surface area contributed by atoms with E-state index in [9.17, 15) is 0 Å². The topological polar surface area (TPSA) is 0 Å². The first-order valence-corrected chi connectivity index (χ1v) is 11.2. The molecule has 0 N–H and O–H groups in total. The largest absolute Gasteiger partial charge is 0.0984 e. The van der Waals surface area contributed by atoms with Crippen LogP contribution in [-0.4, -0.2) is 0 Å². The van der Waals surface area contributed by atoms with Crippen LogP contribution in [0.15, 0.2) is 92.0 Å². The van der Waals surface area contributed by atoms with E-state index in [0.717, 1.165) is 11.1 Å². The lowest BCUT2D eigenvalue weighted by Gasteiger charge is -2.22. The van der Waals surface area contributed by atoms with Crippen molar-refractivity contribution < 1.29 is 0 Å². The molecule has 1 aliphatic rings. The van der Waals surface area contributed by atoms with Gasteiger partial charge in [0.05, 0.1) is 0 Å². The van der Waals surface area contributed by atoms with E-state index in [0.29, 0.717) is 0 Å². The van der Waals surface area contributed by atoms with Crippen molar-refractivity contribution in [1.82, 2.24) is 0 Å². The Labute approximate surface area is 191 Å². The number of fused-ring (bicyclic) bond motifs is 3. The molecule has 32 heavy (non-hydrogen) atoms. The van der Waals surface area contributed by atoms with E-state index in [2.05, 4.69) is 113 Å². The normalized spacial score (nSPS) is 13.3. The molecule has 0 heterocycles. The van der Waals surface area contributed by atoms with Crippen LogP contribution >= 0.6 is 0 Å². The van der Waals surface area contributed by atoms with Gasteiger partial charge in [0.2, 0.25) is 0 Å². The molecule has 156 valence electrons. The highest BCUT2D eigenvalue weighted by Crippen LogP contribution is 2.49. The van der Waals surface area contributed by atoms with Crippen LogP contribution in [0.3, 0.4) is 0 Å². The van der Waals surface area contributed by atoms with Crippen LogP contribution < -0.4 is 0 Å². The van der Waals surface area contributed by atoms with Gasteiger partial charge in [0.25, 0.3) is 0 Å². The Balaban J connectivity index is 1.55. The SMILES string of the molecule is C=Cc1cccc(-c2ccc(-c3ccc4c(c3)C(C)(C)c3cc(C)ccc3-4)cc2)c1C=C. The summed E-state index contributed by atoms with van der Waals surface area (Å²) in [5, 5.41) is 0. The third-order valence-electron chi connectivity index (χ3n) is 6.92. The summed E-state index contributed by atoms with van der Waals surface area (Å²) >= 11 is 0. The summed E-state index contributed by atoms with van der Waals surface area (Å²) in [6.45, 7) is 14.8. The molecule has 4 aromatic rings. The molecule has 1 aliphatic carbocycles. The molecule has 0 aliphatic heterocycles. The van der Waals surface area contributed by atoms with Crippen LogP contribution in [-0.2, 0) is 5.41 Å². The first-order chi connectivity index (χ1) is 15.4. The van der Waals surface area contributed by atoms with Crippen LogP contribution in [0, 0.1) is 6.92 Å². The van der Waals surface area contributed by atoms with Crippen molar-refractivity contribution in [3.63, 3.8) is 0 Å². The minimum absolute atomic E-state index is 0.0105. The third kappa shape index (κ3) is 3.07. The summed E-state index contributed by atoms with van der Waals surface area (Å²) in [5.41, 5.74) is 14.0. The molecule has 0 fully saturated rings. The number of rotatable bonds is 4. The van der Waals surface area contributed by atoms with Crippen molar-refractivity contribution in [3.8, 4) is 33.4 Å². The Hall–Kier alpha value is -3.64. The lowest BCUT2D eigenvalue weighted by Crippen LogP contribution is -2.15. The van der Waals surface area contributed by atoms with Crippen molar-refractivity contribution in [2.75, 3.05) is 0 Å². The molecule has 5 rings (SSSR count). The quantitative estimate of drug-likeness (QED) is 0.314. The molecule has 4 aromatic carbocycles. The predicted octanol–water partition coefficient (Wildman–Crippen LogP) is 8.92. The summed E-state index contributed by atoms with van der Waals surface area (Å²) in [7, 11) is 0. The van der Waals surface area contributed by atoms with Gasteiger partial charge in [-0.25, -0.2) is 0 Å². The zero-order chi connectivity index (χ0) is 22.5. The van der Waals surface area contributed by atoms with Gasteiger partial charge in [-0.3, -0.25) is 0 Å². The zero-order valence-electron chi connectivity index (χ0n) is 19.1. The van der Waals surface area contributed by atoms with E-state index < -0.39 is 0 Å². The van der Waals surface area contributed by atoms with Crippen LogP contribution in [0.1, 0.15) is 41.7 Å². The molecule has 0 saturated carbocycles. The van der Waals surface area contributed by atoms with E-state index in [-0.39, 0.29) is 5.41 Å². The van der Waals surface area contributed by atoms with Crippen molar-refractivity contribution >= 4 is 12.2 Å². The molecule has 0 amide bonds. The highest BCUT2D eigenvalue weighted by Gasteiger charge is 2.35. The van der Waals surface area contributed by atoms with Crippen LogP contribution in [0.25, 0.3) is 45.5 Å². The second-order valence-electron chi connectivity index (χ2n) is 9.23. The monoisotopic (exact) mass is 412 g/mol. The number of aryl methyl sites for hydroxylation is 1. The second-order valence-corrected chi connectivity index (χ2v) is 9.23. The van der Waals surface area contributed by atoms with Crippen LogP contribution in [0.2, 0.25) is 0 Å². The van der Waals surface area contributed by atoms with Gasteiger partial charge in [0, 0.05) is 5.41 Å². The predicted molar refractivity (Wildman–Crippen MR) is 140 cm³/mol. The standard InChI is InChI=1S/C32H28/c1-6-22-9-8-10-27(26(22)7-2)24-14-12-23(13-15-24)25-16-18-29-28-17-11-21(3)19-30(28)32(4,5)31(29)20-25/h6-20H,1-2H2,3-5H3. The van der Waals surface area contributed by atoms with Gasteiger partial charge in [0.15, 0.2) is 0 Å². The molecule has 0 heteroatoms. The molecule has 0 spiro atoms. The minimum Gasteiger partial charge on any atom is -0.0984 e. The van der Waals surface area contributed by atoms with Gasteiger partial charge in [-0.1, -0.05) is 118 Å². The average molecular weight is 413 g/mol. The molecule has 0 nitrogen and oxygen atoms in total. The number of hydrogen-bond acceptors (Lipinski definition) is 0. The Bertz CT molecular complexity index is 1360. The second kappa shape index (κ2) is 7.50. The molecular weight excluding hydrogens is 384 g/mol. The van der Waals surface area contributed by atoms with E-state index in [1.54, 1.807) is 0 Å². The molecule has 0 atom stereocenters. The summed E-state index contributed by atoms with van der Waals surface area (Å²) in [4.78, 5) is 0. The number of benzene rings is 4. The maximum Gasteiger partial charge on any atom is 0.0159 e. The fourth-order valence-corrected chi connectivity index (χ4v) is 5.11.